The van der Waals surface area contributed by atoms with Crippen LogP contribution in [0.1, 0.15) is 15.9 Å². The largest absolute Gasteiger partial charge is 0.416 e. The van der Waals surface area contributed by atoms with E-state index in [1.54, 1.807) is 0 Å². The Labute approximate surface area is 94.4 Å². The van der Waals surface area contributed by atoms with Gasteiger partial charge in [-0.25, -0.2) is 0 Å². The fourth-order valence-corrected chi connectivity index (χ4v) is 1.16. The van der Waals surface area contributed by atoms with Gasteiger partial charge >= 0.3 is 6.18 Å². The van der Waals surface area contributed by atoms with Crippen LogP contribution in [0.3, 0.4) is 0 Å². The number of carbonyl (C=O) groups excluding carboxylic acids is 2. The maximum absolute atomic E-state index is 12.4. The Bertz CT molecular complexity index is 457. The summed E-state index contributed by atoms with van der Waals surface area (Å²) in [5, 5.41) is 0. The molecule has 0 bridgehead atoms. The zero-order valence-corrected chi connectivity index (χ0v) is 8.49. The highest BCUT2D eigenvalue weighted by atomic mass is 19.4. The summed E-state index contributed by atoms with van der Waals surface area (Å²) in [6, 6.07) is 2.00. The van der Waals surface area contributed by atoms with Gasteiger partial charge in [-0.15, -0.1) is 0 Å². The average molecular weight is 246 g/mol. The molecule has 0 aliphatic heterocycles. The topological polar surface area (TPSA) is 86.2 Å². The number of halogens is 3. The van der Waals surface area contributed by atoms with E-state index < -0.39 is 29.5 Å². The molecule has 4 nitrogen and oxygen atoms in total. The lowest BCUT2D eigenvalue weighted by Gasteiger charge is -2.10. The molecular formula is C10H9F3N2O2. The molecule has 1 rings (SSSR count). The predicted octanol–water partition coefficient (Wildman–Crippen LogP) is 0.701. The smallest absolute Gasteiger partial charge is 0.368 e. The maximum atomic E-state index is 12.4. The minimum atomic E-state index is -4.56. The summed E-state index contributed by atoms with van der Waals surface area (Å²) >= 11 is 0. The van der Waals surface area contributed by atoms with E-state index in [0.717, 1.165) is 18.2 Å². The molecule has 0 spiro atoms. The number of rotatable bonds is 3. The minimum absolute atomic E-state index is 0.300. The van der Waals surface area contributed by atoms with Gasteiger partial charge in [0.15, 0.2) is 5.78 Å². The van der Waals surface area contributed by atoms with Gasteiger partial charge in [-0.05, 0) is 12.1 Å². The van der Waals surface area contributed by atoms with E-state index in [0.29, 0.717) is 6.07 Å². The SMILES string of the molecule is NC(=O)C(N)C(=O)c1cccc(C(F)(F)F)c1. The van der Waals surface area contributed by atoms with Gasteiger partial charge < -0.3 is 11.5 Å². The first kappa shape index (κ1) is 13.2. The van der Waals surface area contributed by atoms with Crippen molar-refractivity contribution in [3.63, 3.8) is 0 Å². The predicted molar refractivity (Wildman–Crippen MR) is 52.9 cm³/mol. The molecule has 0 aliphatic carbocycles. The van der Waals surface area contributed by atoms with Gasteiger partial charge in [-0.3, -0.25) is 9.59 Å². The molecular weight excluding hydrogens is 237 g/mol. The second-order valence-corrected chi connectivity index (χ2v) is 3.32. The number of nitrogens with two attached hydrogens (primary N) is 2. The molecule has 0 saturated carbocycles. The summed E-state index contributed by atoms with van der Waals surface area (Å²) in [6.45, 7) is 0. The fourth-order valence-electron chi connectivity index (χ4n) is 1.16. The Morgan fingerprint density at radius 3 is 2.29 bits per heavy atom. The standard InChI is InChI=1S/C10H9F3N2O2/c11-10(12,13)6-3-1-2-5(4-6)8(16)7(14)9(15)17/h1-4,7H,14H2,(H2,15,17). The van der Waals surface area contributed by atoms with Crippen LogP contribution in [-0.2, 0) is 11.0 Å². The van der Waals surface area contributed by atoms with E-state index in [-0.39, 0.29) is 5.56 Å². The molecule has 4 N–H and O–H groups in total. The van der Waals surface area contributed by atoms with Crippen molar-refractivity contribution >= 4 is 11.7 Å². The van der Waals surface area contributed by atoms with E-state index in [4.69, 9.17) is 11.5 Å². The lowest BCUT2D eigenvalue weighted by molar-refractivity contribution is -0.137. The summed E-state index contributed by atoms with van der Waals surface area (Å²) in [5.74, 6) is -2.03. The monoisotopic (exact) mass is 246 g/mol. The van der Waals surface area contributed by atoms with Crippen LogP contribution in [0.4, 0.5) is 13.2 Å². The number of hydrogen-bond donors (Lipinski definition) is 2. The normalized spacial score (nSPS) is 13.2. The number of ketones is 1. The molecule has 0 aromatic heterocycles. The quantitative estimate of drug-likeness (QED) is 0.608. The average Bonchev–Trinajstić information content (AvgIpc) is 2.26. The van der Waals surface area contributed by atoms with E-state index in [2.05, 4.69) is 0 Å². The number of alkyl halides is 3. The number of hydrogen-bond acceptors (Lipinski definition) is 3. The molecule has 0 saturated heterocycles. The van der Waals surface area contributed by atoms with E-state index >= 15 is 0 Å². The molecule has 1 aromatic rings. The minimum Gasteiger partial charge on any atom is -0.368 e. The van der Waals surface area contributed by atoms with Crippen molar-refractivity contribution in [3.8, 4) is 0 Å². The van der Waals surface area contributed by atoms with E-state index in [1.807, 2.05) is 0 Å². The Kier molecular flexibility index (Phi) is 3.52. The lowest BCUT2D eigenvalue weighted by atomic mass is 10.0. The lowest BCUT2D eigenvalue weighted by Crippen LogP contribution is -2.43. The van der Waals surface area contributed by atoms with Gasteiger partial charge in [0.05, 0.1) is 5.56 Å². The van der Waals surface area contributed by atoms with Crippen LogP contribution in [0, 0.1) is 0 Å². The van der Waals surface area contributed by atoms with Crippen LogP contribution in [-0.4, -0.2) is 17.7 Å². The van der Waals surface area contributed by atoms with Crippen molar-refractivity contribution in [2.75, 3.05) is 0 Å². The van der Waals surface area contributed by atoms with Crippen molar-refractivity contribution in [2.24, 2.45) is 11.5 Å². The number of benzene rings is 1. The van der Waals surface area contributed by atoms with Crippen molar-refractivity contribution < 1.29 is 22.8 Å². The summed E-state index contributed by atoms with van der Waals surface area (Å²) in [4.78, 5) is 22.1. The maximum Gasteiger partial charge on any atom is 0.416 e. The van der Waals surface area contributed by atoms with Crippen molar-refractivity contribution in [3.05, 3.63) is 35.4 Å². The molecule has 7 heteroatoms. The number of carbonyl (C=O) groups is 2. The molecule has 17 heavy (non-hydrogen) atoms. The third-order valence-electron chi connectivity index (χ3n) is 2.06. The van der Waals surface area contributed by atoms with E-state index in [9.17, 15) is 22.8 Å². The molecule has 0 radical (unpaired) electrons. The highest BCUT2D eigenvalue weighted by Crippen LogP contribution is 2.29. The zero-order chi connectivity index (χ0) is 13.2. The molecule has 1 unspecified atom stereocenters. The Balaban J connectivity index is 3.08. The van der Waals surface area contributed by atoms with Crippen molar-refractivity contribution in [1.82, 2.24) is 0 Å². The first-order valence-corrected chi connectivity index (χ1v) is 4.50. The van der Waals surface area contributed by atoms with Crippen molar-refractivity contribution in [2.45, 2.75) is 12.2 Å². The molecule has 92 valence electrons. The second kappa shape index (κ2) is 4.54. The number of primary amides is 1. The highest BCUT2D eigenvalue weighted by molar-refractivity contribution is 6.12. The molecule has 1 amide bonds. The third kappa shape index (κ3) is 3.04. The molecule has 0 heterocycles. The van der Waals surface area contributed by atoms with Gasteiger partial charge in [0.2, 0.25) is 5.91 Å². The molecule has 1 atom stereocenters. The Morgan fingerprint density at radius 1 is 1.24 bits per heavy atom. The molecule has 0 aliphatic rings. The van der Waals surface area contributed by atoms with Gasteiger partial charge in [-0.2, -0.15) is 13.2 Å². The first-order chi connectivity index (χ1) is 7.73. The summed E-state index contributed by atoms with van der Waals surface area (Å²) < 4.78 is 37.1. The summed E-state index contributed by atoms with van der Waals surface area (Å²) in [5.41, 5.74) is 8.65. The van der Waals surface area contributed by atoms with Gasteiger partial charge in [0, 0.05) is 5.56 Å². The first-order valence-electron chi connectivity index (χ1n) is 4.50. The zero-order valence-electron chi connectivity index (χ0n) is 8.49. The van der Waals surface area contributed by atoms with Crippen LogP contribution in [0.25, 0.3) is 0 Å². The molecule has 0 fully saturated rings. The van der Waals surface area contributed by atoms with Gasteiger partial charge in [-0.1, -0.05) is 12.1 Å². The van der Waals surface area contributed by atoms with Crippen LogP contribution < -0.4 is 11.5 Å². The molecule has 1 aromatic carbocycles. The number of Topliss-reactive ketones (excluding diaryl/α,β-unsaturated/α-hetero) is 1. The van der Waals surface area contributed by atoms with E-state index in [1.165, 1.54) is 0 Å². The van der Waals surface area contributed by atoms with Crippen LogP contribution in [0.2, 0.25) is 0 Å². The van der Waals surface area contributed by atoms with Crippen LogP contribution in [0.15, 0.2) is 24.3 Å². The number of amides is 1. The van der Waals surface area contributed by atoms with Gasteiger partial charge in [0.25, 0.3) is 0 Å². The summed E-state index contributed by atoms with van der Waals surface area (Å²) in [7, 11) is 0. The Morgan fingerprint density at radius 2 is 1.82 bits per heavy atom. The summed E-state index contributed by atoms with van der Waals surface area (Å²) in [6.07, 6.45) is -4.56. The Hall–Kier alpha value is -1.89. The van der Waals surface area contributed by atoms with Crippen molar-refractivity contribution in [1.29, 1.82) is 0 Å². The second-order valence-electron chi connectivity index (χ2n) is 3.32. The van der Waals surface area contributed by atoms with Crippen LogP contribution in [0.5, 0.6) is 0 Å². The third-order valence-corrected chi connectivity index (χ3v) is 2.06. The fraction of sp³-hybridized carbons (Fsp3) is 0.200. The highest BCUT2D eigenvalue weighted by Gasteiger charge is 2.31. The van der Waals surface area contributed by atoms with Gasteiger partial charge in [0.1, 0.15) is 6.04 Å². The van der Waals surface area contributed by atoms with Crippen LogP contribution >= 0.6 is 0 Å².